The second-order valence-electron chi connectivity index (χ2n) is 6.07. The molecule has 4 nitrogen and oxygen atoms in total. The molecular weight excluding hydrogens is 431 g/mol. The van der Waals surface area contributed by atoms with E-state index in [1.165, 1.54) is 48.4 Å². The van der Waals surface area contributed by atoms with Crippen molar-refractivity contribution in [3.8, 4) is 0 Å². The number of hydrogen-bond donors (Lipinski definition) is 2. The summed E-state index contributed by atoms with van der Waals surface area (Å²) in [4.78, 5) is 8.20. The monoisotopic (exact) mass is 462 g/mol. The molecule has 0 aromatic heterocycles. The van der Waals surface area contributed by atoms with E-state index in [-0.39, 0.29) is 24.0 Å². The molecule has 1 saturated heterocycles. The largest absolute Gasteiger partial charge is 0.355 e. The van der Waals surface area contributed by atoms with Crippen LogP contribution < -0.4 is 10.6 Å². The van der Waals surface area contributed by atoms with E-state index in [1.807, 2.05) is 7.05 Å². The van der Waals surface area contributed by atoms with Gasteiger partial charge in [0.1, 0.15) is 0 Å². The molecule has 1 aliphatic rings. The highest BCUT2D eigenvalue weighted by Crippen LogP contribution is 2.21. The highest BCUT2D eigenvalue weighted by atomic mass is 127. The molecule has 1 aromatic rings. The summed E-state index contributed by atoms with van der Waals surface area (Å²) in [7, 11) is 1.83. The second kappa shape index (κ2) is 12.0. The van der Waals surface area contributed by atoms with Crippen LogP contribution in [0.25, 0.3) is 0 Å². The van der Waals surface area contributed by atoms with Crippen LogP contribution in [0, 0.1) is 6.92 Å². The fourth-order valence-corrected chi connectivity index (χ4v) is 3.62. The van der Waals surface area contributed by atoms with Crippen molar-refractivity contribution in [1.29, 1.82) is 0 Å². The number of nitrogens with one attached hydrogen (secondary N) is 2. The number of nitrogens with zero attached hydrogens (tertiary/aromatic N) is 2. The first-order valence-electron chi connectivity index (χ1n) is 8.53. The van der Waals surface area contributed by atoms with E-state index >= 15 is 0 Å². The number of thioether (sulfide) groups is 1. The maximum atomic E-state index is 4.33. The van der Waals surface area contributed by atoms with E-state index in [9.17, 15) is 0 Å². The Labute approximate surface area is 168 Å². The van der Waals surface area contributed by atoms with Gasteiger partial charge in [-0.3, -0.25) is 4.99 Å². The van der Waals surface area contributed by atoms with Gasteiger partial charge in [-0.15, -0.1) is 35.7 Å². The van der Waals surface area contributed by atoms with Gasteiger partial charge in [0.2, 0.25) is 0 Å². The molecule has 0 radical (unpaired) electrons. The van der Waals surface area contributed by atoms with E-state index in [1.54, 1.807) is 11.8 Å². The molecule has 0 aliphatic carbocycles. The Morgan fingerprint density at radius 3 is 2.62 bits per heavy atom. The number of aliphatic imine (C=N–C) groups is 1. The number of halogens is 1. The van der Waals surface area contributed by atoms with Crippen LogP contribution in [0.15, 0.2) is 28.1 Å². The number of aryl methyl sites for hydroxylation is 1. The lowest BCUT2D eigenvalue weighted by molar-refractivity contribution is 0.232. The van der Waals surface area contributed by atoms with Crippen molar-refractivity contribution in [2.24, 2.45) is 4.99 Å². The van der Waals surface area contributed by atoms with Gasteiger partial charge < -0.3 is 15.5 Å². The van der Waals surface area contributed by atoms with E-state index < -0.39 is 0 Å². The summed E-state index contributed by atoms with van der Waals surface area (Å²) in [5.41, 5.74) is 2.63. The zero-order valence-corrected chi connectivity index (χ0v) is 18.2. The minimum atomic E-state index is 0. The quantitative estimate of drug-likeness (QED) is 0.294. The van der Waals surface area contributed by atoms with Gasteiger partial charge >= 0.3 is 0 Å². The molecule has 1 heterocycles. The van der Waals surface area contributed by atoms with Crippen LogP contribution in [-0.4, -0.2) is 50.3 Å². The van der Waals surface area contributed by atoms with Crippen LogP contribution in [-0.2, 0) is 6.54 Å². The lowest BCUT2D eigenvalue weighted by Gasteiger charge is -2.26. The molecule has 0 atom stereocenters. The van der Waals surface area contributed by atoms with E-state index in [2.05, 4.69) is 51.9 Å². The van der Waals surface area contributed by atoms with Crippen LogP contribution in [0.5, 0.6) is 0 Å². The van der Waals surface area contributed by atoms with Crippen LogP contribution in [0.2, 0.25) is 0 Å². The summed E-state index contributed by atoms with van der Waals surface area (Å²) in [6.45, 7) is 7.48. The number of guanidine groups is 1. The molecule has 2 N–H and O–H groups in total. The first kappa shape index (κ1) is 21.6. The molecule has 1 aromatic carbocycles. The summed E-state index contributed by atoms with van der Waals surface area (Å²) >= 11 is 1.80. The first-order chi connectivity index (χ1) is 11.2. The van der Waals surface area contributed by atoms with Crippen LogP contribution in [0.4, 0.5) is 0 Å². The Hall–Kier alpha value is -0.470. The van der Waals surface area contributed by atoms with Crippen LogP contribution >= 0.6 is 35.7 Å². The maximum absolute atomic E-state index is 4.33. The van der Waals surface area contributed by atoms with Gasteiger partial charge in [0.05, 0.1) is 0 Å². The van der Waals surface area contributed by atoms with Crippen molar-refractivity contribution in [2.75, 3.05) is 39.5 Å². The molecule has 24 heavy (non-hydrogen) atoms. The highest BCUT2D eigenvalue weighted by molar-refractivity contribution is 14.0. The van der Waals surface area contributed by atoms with Gasteiger partial charge in [0, 0.05) is 31.6 Å². The molecule has 6 heteroatoms. The third-order valence-corrected chi connectivity index (χ3v) is 5.10. The van der Waals surface area contributed by atoms with Crippen molar-refractivity contribution in [3.63, 3.8) is 0 Å². The van der Waals surface area contributed by atoms with Gasteiger partial charge in [0.15, 0.2) is 5.96 Å². The minimum Gasteiger partial charge on any atom is -0.355 e. The lowest BCUT2D eigenvalue weighted by atomic mass is 10.1. The predicted molar refractivity (Wildman–Crippen MR) is 117 cm³/mol. The Bertz CT molecular complexity index is 516. The SMILES string of the molecule is CN=C(NCCN1CCCCC1)NCc1ccc(C)cc1SC.I. The topological polar surface area (TPSA) is 39.7 Å². The van der Waals surface area contributed by atoms with Gasteiger partial charge in [-0.2, -0.15) is 0 Å². The smallest absolute Gasteiger partial charge is 0.191 e. The predicted octanol–water partition coefficient (Wildman–Crippen LogP) is 3.49. The Balaban J connectivity index is 0.00000288. The molecular formula is C18H31IN4S. The van der Waals surface area contributed by atoms with Crippen molar-refractivity contribution in [1.82, 2.24) is 15.5 Å². The van der Waals surface area contributed by atoms with Crippen molar-refractivity contribution >= 4 is 41.7 Å². The average Bonchev–Trinajstić information content (AvgIpc) is 2.59. The number of likely N-dealkylation sites (tertiary alicyclic amines) is 1. The van der Waals surface area contributed by atoms with Crippen LogP contribution in [0.3, 0.4) is 0 Å². The van der Waals surface area contributed by atoms with Gasteiger partial charge in [-0.1, -0.05) is 18.6 Å². The van der Waals surface area contributed by atoms with E-state index in [4.69, 9.17) is 0 Å². The molecule has 0 unspecified atom stereocenters. The van der Waals surface area contributed by atoms with E-state index in [0.717, 1.165) is 25.6 Å². The fourth-order valence-electron chi connectivity index (χ4n) is 2.91. The summed E-state index contributed by atoms with van der Waals surface area (Å²) in [6.07, 6.45) is 6.21. The standard InChI is InChI=1S/C18H30N4S.HI/c1-15-7-8-16(17(13-15)23-3)14-21-18(19-2)20-9-12-22-10-5-4-6-11-22;/h7-8,13H,4-6,9-12,14H2,1-3H3,(H2,19,20,21);1H. The second-order valence-corrected chi connectivity index (χ2v) is 6.92. The third-order valence-electron chi connectivity index (χ3n) is 4.28. The number of piperidine rings is 1. The molecule has 1 aliphatic heterocycles. The fraction of sp³-hybridized carbons (Fsp3) is 0.611. The summed E-state index contributed by atoms with van der Waals surface area (Å²) in [5, 5.41) is 6.85. The normalized spacial score (nSPS) is 15.7. The Morgan fingerprint density at radius 2 is 1.96 bits per heavy atom. The molecule has 0 amide bonds. The first-order valence-corrected chi connectivity index (χ1v) is 9.76. The lowest BCUT2D eigenvalue weighted by Crippen LogP contribution is -2.42. The Morgan fingerprint density at radius 1 is 1.21 bits per heavy atom. The van der Waals surface area contributed by atoms with Gasteiger partial charge in [-0.25, -0.2) is 0 Å². The molecule has 2 rings (SSSR count). The molecule has 1 fully saturated rings. The van der Waals surface area contributed by atoms with Gasteiger partial charge in [-0.05, 0) is 56.3 Å². The zero-order chi connectivity index (χ0) is 16.5. The molecule has 136 valence electrons. The van der Waals surface area contributed by atoms with Crippen molar-refractivity contribution < 1.29 is 0 Å². The van der Waals surface area contributed by atoms with E-state index in [0.29, 0.717) is 0 Å². The summed E-state index contributed by atoms with van der Waals surface area (Å²) < 4.78 is 0. The number of benzene rings is 1. The average molecular weight is 462 g/mol. The Kier molecular flexibility index (Phi) is 10.8. The molecule has 0 spiro atoms. The van der Waals surface area contributed by atoms with Gasteiger partial charge in [0.25, 0.3) is 0 Å². The number of hydrogen-bond acceptors (Lipinski definition) is 3. The van der Waals surface area contributed by atoms with Crippen molar-refractivity contribution in [2.45, 2.75) is 37.6 Å². The maximum Gasteiger partial charge on any atom is 0.191 e. The minimum absolute atomic E-state index is 0. The number of rotatable bonds is 6. The van der Waals surface area contributed by atoms with Crippen molar-refractivity contribution in [3.05, 3.63) is 29.3 Å². The summed E-state index contributed by atoms with van der Waals surface area (Å²) in [5.74, 6) is 0.884. The third kappa shape index (κ3) is 7.19. The van der Waals surface area contributed by atoms with Crippen LogP contribution in [0.1, 0.15) is 30.4 Å². The zero-order valence-electron chi connectivity index (χ0n) is 15.1. The molecule has 0 saturated carbocycles. The summed E-state index contributed by atoms with van der Waals surface area (Å²) in [6, 6.07) is 6.62. The highest BCUT2D eigenvalue weighted by Gasteiger charge is 2.09. The molecule has 0 bridgehead atoms.